The number of hydrogen-bond donors (Lipinski definition) is 0. The lowest BCUT2D eigenvalue weighted by molar-refractivity contribution is 0.0495. The molecule has 1 heterocycles. The van der Waals surface area contributed by atoms with Crippen LogP contribution < -0.4 is 5.56 Å². The van der Waals surface area contributed by atoms with Gasteiger partial charge in [-0.05, 0) is 30.7 Å². The van der Waals surface area contributed by atoms with Crippen molar-refractivity contribution < 1.29 is 9.53 Å². The van der Waals surface area contributed by atoms with Crippen molar-refractivity contribution >= 4 is 5.97 Å². The Morgan fingerprint density at radius 2 is 2.10 bits per heavy atom. The average molecular weight is 282 g/mol. The van der Waals surface area contributed by atoms with Gasteiger partial charge in [-0.1, -0.05) is 12.1 Å². The van der Waals surface area contributed by atoms with E-state index in [-0.39, 0.29) is 12.2 Å². The van der Waals surface area contributed by atoms with Crippen LogP contribution in [0.4, 0.5) is 0 Å². The quantitative estimate of drug-likeness (QED) is 0.621. The van der Waals surface area contributed by atoms with E-state index in [9.17, 15) is 9.59 Å². The summed E-state index contributed by atoms with van der Waals surface area (Å²) in [7, 11) is 0. The number of benzene rings is 1. The van der Waals surface area contributed by atoms with Crippen molar-refractivity contribution in [2.24, 2.45) is 0 Å². The predicted molar refractivity (Wildman–Crippen MR) is 76.8 cm³/mol. The molecule has 106 valence electrons. The minimum Gasteiger partial charge on any atom is -0.462 e. The molecule has 2 rings (SSSR count). The third-order valence-electron chi connectivity index (χ3n) is 2.90. The van der Waals surface area contributed by atoms with Gasteiger partial charge in [0.1, 0.15) is 0 Å². The monoisotopic (exact) mass is 282 g/mol. The van der Waals surface area contributed by atoms with Crippen molar-refractivity contribution in [1.29, 1.82) is 5.26 Å². The smallest absolute Gasteiger partial charge is 0.338 e. The number of nitrogens with zero attached hydrogens (tertiary/aromatic N) is 2. The summed E-state index contributed by atoms with van der Waals surface area (Å²) < 4.78 is 6.69. The van der Waals surface area contributed by atoms with Crippen molar-refractivity contribution in [3.63, 3.8) is 0 Å². The van der Waals surface area contributed by atoms with Crippen LogP contribution in [0.3, 0.4) is 0 Å². The number of nitriles is 1. The Kier molecular flexibility index (Phi) is 4.89. The van der Waals surface area contributed by atoms with E-state index in [4.69, 9.17) is 10.00 Å². The highest BCUT2D eigenvalue weighted by Gasteiger charge is 2.07. The fraction of sp³-hybridized carbons (Fsp3) is 0.188. The van der Waals surface area contributed by atoms with Crippen molar-refractivity contribution in [2.75, 3.05) is 6.61 Å². The first-order chi connectivity index (χ1) is 10.2. The van der Waals surface area contributed by atoms with E-state index in [0.29, 0.717) is 24.1 Å². The molecule has 0 saturated heterocycles. The molecule has 21 heavy (non-hydrogen) atoms. The summed E-state index contributed by atoms with van der Waals surface area (Å²) in [6.07, 6.45) is 2.24. The number of rotatable bonds is 5. The number of carbonyl (C=O) groups is 1. The van der Waals surface area contributed by atoms with E-state index in [1.165, 1.54) is 12.1 Å². The number of carbonyl (C=O) groups excluding carboxylic acids is 1. The molecule has 0 unspecified atom stereocenters. The molecule has 0 fully saturated rings. The lowest BCUT2D eigenvalue weighted by Crippen LogP contribution is -2.19. The molecule has 5 nitrogen and oxygen atoms in total. The summed E-state index contributed by atoms with van der Waals surface area (Å²) in [6, 6.07) is 13.3. The summed E-state index contributed by atoms with van der Waals surface area (Å²) in [4.78, 5) is 23.3. The second-order valence-corrected chi connectivity index (χ2v) is 4.41. The number of aromatic nitrogens is 1. The molecule has 0 spiro atoms. The van der Waals surface area contributed by atoms with E-state index < -0.39 is 5.97 Å². The summed E-state index contributed by atoms with van der Waals surface area (Å²) in [5, 5.41) is 8.78. The summed E-state index contributed by atoms with van der Waals surface area (Å²) in [5.74, 6) is -0.465. The summed E-state index contributed by atoms with van der Waals surface area (Å²) in [5.41, 5.74) is 0.691. The predicted octanol–water partition coefficient (Wildman–Crippen LogP) is 1.97. The van der Waals surface area contributed by atoms with Crippen LogP contribution in [0.2, 0.25) is 0 Å². The van der Waals surface area contributed by atoms with Crippen LogP contribution in [0.1, 0.15) is 22.3 Å². The molecule has 5 heteroatoms. The van der Waals surface area contributed by atoms with Gasteiger partial charge in [0, 0.05) is 18.8 Å². The van der Waals surface area contributed by atoms with E-state index in [1.807, 2.05) is 6.07 Å². The fourth-order valence-electron chi connectivity index (χ4n) is 1.84. The zero-order chi connectivity index (χ0) is 15.1. The third-order valence-corrected chi connectivity index (χ3v) is 2.90. The Labute approximate surface area is 122 Å². The topological polar surface area (TPSA) is 72.1 Å². The van der Waals surface area contributed by atoms with Crippen molar-refractivity contribution in [1.82, 2.24) is 4.57 Å². The van der Waals surface area contributed by atoms with Gasteiger partial charge in [-0.2, -0.15) is 5.26 Å². The molecule has 1 aromatic heterocycles. The number of esters is 1. The molecular weight excluding hydrogens is 268 g/mol. The van der Waals surface area contributed by atoms with E-state index in [2.05, 4.69) is 0 Å². The molecule has 0 aliphatic heterocycles. The van der Waals surface area contributed by atoms with Crippen LogP contribution in [0.25, 0.3) is 0 Å². The Morgan fingerprint density at radius 1 is 1.24 bits per heavy atom. The highest BCUT2D eigenvalue weighted by Crippen LogP contribution is 2.06. The lowest BCUT2D eigenvalue weighted by Gasteiger charge is -2.06. The first-order valence-corrected chi connectivity index (χ1v) is 6.53. The molecule has 0 bridgehead atoms. The zero-order valence-corrected chi connectivity index (χ0v) is 11.4. The number of ether oxygens (including phenoxy) is 1. The highest BCUT2D eigenvalue weighted by atomic mass is 16.5. The van der Waals surface area contributed by atoms with E-state index in [1.54, 1.807) is 41.1 Å². The van der Waals surface area contributed by atoms with E-state index in [0.717, 1.165) is 0 Å². The van der Waals surface area contributed by atoms with Gasteiger partial charge >= 0.3 is 5.97 Å². The summed E-state index contributed by atoms with van der Waals surface area (Å²) in [6.45, 7) is 0.710. The van der Waals surface area contributed by atoms with Gasteiger partial charge in [0.15, 0.2) is 0 Å². The maximum atomic E-state index is 11.8. The Morgan fingerprint density at radius 3 is 2.86 bits per heavy atom. The van der Waals surface area contributed by atoms with Crippen molar-refractivity contribution in [3.05, 3.63) is 70.1 Å². The summed E-state index contributed by atoms with van der Waals surface area (Å²) >= 11 is 0. The molecule has 1 aromatic carbocycles. The average Bonchev–Trinajstić information content (AvgIpc) is 2.53. The van der Waals surface area contributed by atoms with Crippen molar-refractivity contribution in [2.45, 2.75) is 13.0 Å². The van der Waals surface area contributed by atoms with Crippen molar-refractivity contribution in [3.8, 4) is 6.07 Å². The van der Waals surface area contributed by atoms with Crippen LogP contribution in [0, 0.1) is 11.3 Å². The van der Waals surface area contributed by atoms with Gasteiger partial charge in [0.2, 0.25) is 5.56 Å². The van der Waals surface area contributed by atoms with Gasteiger partial charge in [-0.15, -0.1) is 0 Å². The molecule has 0 aliphatic carbocycles. The van der Waals surface area contributed by atoms with Gasteiger partial charge in [-0.25, -0.2) is 4.79 Å². The molecule has 0 N–H and O–H groups in total. The minimum absolute atomic E-state index is 0.0782. The first-order valence-electron chi connectivity index (χ1n) is 6.53. The van der Waals surface area contributed by atoms with Gasteiger partial charge < -0.3 is 9.30 Å². The molecule has 0 saturated carbocycles. The molecule has 0 amide bonds. The number of hydrogen-bond acceptors (Lipinski definition) is 4. The standard InChI is InChI=1S/C16H14N2O3/c17-12-13-5-3-6-14(11-13)16(20)21-10-4-9-18-8-2-1-7-15(18)19/h1-3,5-8,11H,4,9-10H2. The van der Waals surface area contributed by atoms with Gasteiger partial charge in [0.05, 0.1) is 23.8 Å². The molecule has 2 aromatic rings. The third kappa shape index (κ3) is 4.05. The molecular formula is C16H14N2O3. The van der Waals surface area contributed by atoms with Crippen LogP contribution >= 0.6 is 0 Å². The maximum Gasteiger partial charge on any atom is 0.338 e. The second kappa shape index (κ2) is 7.06. The normalized spacial score (nSPS) is 9.86. The van der Waals surface area contributed by atoms with E-state index >= 15 is 0 Å². The Hall–Kier alpha value is -2.87. The zero-order valence-electron chi connectivity index (χ0n) is 11.4. The molecule has 0 atom stereocenters. The largest absolute Gasteiger partial charge is 0.462 e. The second-order valence-electron chi connectivity index (χ2n) is 4.41. The molecule has 0 radical (unpaired) electrons. The maximum absolute atomic E-state index is 11.8. The molecule has 0 aliphatic rings. The van der Waals surface area contributed by atoms with Crippen LogP contribution in [0.15, 0.2) is 53.5 Å². The number of aryl methyl sites for hydroxylation is 1. The highest BCUT2D eigenvalue weighted by molar-refractivity contribution is 5.89. The Bertz CT molecular complexity index is 729. The SMILES string of the molecule is N#Cc1cccc(C(=O)OCCCn2ccccc2=O)c1. The van der Waals surface area contributed by atoms with Crippen LogP contribution in [-0.2, 0) is 11.3 Å². The Balaban J connectivity index is 1.83. The van der Waals surface area contributed by atoms with Crippen LogP contribution in [0.5, 0.6) is 0 Å². The van der Waals surface area contributed by atoms with Gasteiger partial charge in [0.25, 0.3) is 0 Å². The van der Waals surface area contributed by atoms with Gasteiger partial charge in [-0.3, -0.25) is 4.79 Å². The minimum atomic E-state index is -0.465. The lowest BCUT2D eigenvalue weighted by atomic mass is 10.1. The fourth-order valence-corrected chi connectivity index (χ4v) is 1.84. The number of pyridine rings is 1. The first kappa shape index (κ1) is 14.5. The van der Waals surface area contributed by atoms with Crippen LogP contribution in [-0.4, -0.2) is 17.1 Å².